The molecule has 4 heteroatoms. The summed E-state index contributed by atoms with van der Waals surface area (Å²) >= 11 is 0. The minimum Gasteiger partial charge on any atom is -0.381 e. The fraction of sp³-hybridized carbons (Fsp3) is 1.00. The summed E-state index contributed by atoms with van der Waals surface area (Å²) in [5.41, 5.74) is 0.290. The van der Waals surface area contributed by atoms with Crippen LogP contribution in [0.2, 0.25) is 0 Å². The highest BCUT2D eigenvalue weighted by atomic mass is 16.5. The number of rotatable bonds is 4. The Labute approximate surface area is 111 Å². The molecule has 0 radical (unpaired) electrons. The average Bonchev–Trinajstić information content (AvgIpc) is 2.35. The number of ether oxygens (including phenoxy) is 2. The van der Waals surface area contributed by atoms with Gasteiger partial charge in [0.25, 0.3) is 0 Å². The van der Waals surface area contributed by atoms with Crippen molar-refractivity contribution < 1.29 is 9.47 Å². The Hall–Kier alpha value is -0.160. The number of nitrogens with zero attached hydrogens (tertiary/aromatic N) is 1. The van der Waals surface area contributed by atoms with Crippen LogP contribution in [0, 0.1) is 5.41 Å². The lowest BCUT2D eigenvalue weighted by Crippen LogP contribution is -2.55. The molecule has 2 heterocycles. The van der Waals surface area contributed by atoms with Gasteiger partial charge in [-0.05, 0) is 33.7 Å². The van der Waals surface area contributed by atoms with E-state index in [0.717, 1.165) is 39.5 Å². The van der Waals surface area contributed by atoms with Crippen LogP contribution in [-0.4, -0.2) is 63.5 Å². The van der Waals surface area contributed by atoms with Gasteiger partial charge in [0.2, 0.25) is 0 Å². The second-order valence-corrected chi connectivity index (χ2v) is 6.11. The van der Waals surface area contributed by atoms with E-state index < -0.39 is 0 Å². The molecule has 0 aromatic rings. The number of hydrogen-bond donors (Lipinski definition) is 1. The van der Waals surface area contributed by atoms with Crippen LogP contribution < -0.4 is 5.32 Å². The normalized spacial score (nSPS) is 38.8. The molecule has 1 N–H and O–H groups in total. The molecule has 106 valence electrons. The SMILES string of the molecule is CNCC1(CN2CC(C)OCC2C)CCCOC1. The minimum absolute atomic E-state index is 0.290. The van der Waals surface area contributed by atoms with Crippen LogP contribution in [0.1, 0.15) is 26.7 Å². The zero-order valence-corrected chi connectivity index (χ0v) is 12.1. The molecule has 0 aromatic carbocycles. The van der Waals surface area contributed by atoms with Crippen LogP contribution in [0.3, 0.4) is 0 Å². The lowest BCUT2D eigenvalue weighted by Gasteiger charge is -2.45. The van der Waals surface area contributed by atoms with Crippen LogP contribution in [0.5, 0.6) is 0 Å². The van der Waals surface area contributed by atoms with Crippen molar-refractivity contribution in [3.05, 3.63) is 0 Å². The fourth-order valence-corrected chi connectivity index (χ4v) is 3.23. The standard InChI is InChI=1S/C14H28N2O2/c1-12-8-18-13(2)7-16(12)10-14(9-15-3)5-4-6-17-11-14/h12-13,15H,4-11H2,1-3H3. The van der Waals surface area contributed by atoms with Gasteiger partial charge in [0.1, 0.15) is 0 Å². The molecule has 0 amide bonds. The second kappa shape index (κ2) is 6.33. The fourth-order valence-electron chi connectivity index (χ4n) is 3.23. The average molecular weight is 256 g/mol. The Morgan fingerprint density at radius 1 is 1.39 bits per heavy atom. The maximum atomic E-state index is 5.74. The monoisotopic (exact) mass is 256 g/mol. The van der Waals surface area contributed by atoms with Crippen molar-refractivity contribution in [3.8, 4) is 0 Å². The Balaban J connectivity index is 1.98. The van der Waals surface area contributed by atoms with Gasteiger partial charge in [-0.15, -0.1) is 0 Å². The second-order valence-electron chi connectivity index (χ2n) is 6.11. The van der Waals surface area contributed by atoms with Gasteiger partial charge in [0.05, 0.1) is 19.3 Å². The molecule has 2 aliphatic rings. The van der Waals surface area contributed by atoms with Gasteiger partial charge in [-0.1, -0.05) is 0 Å². The zero-order chi connectivity index (χ0) is 13.0. The molecule has 2 aliphatic heterocycles. The van der Waals surface area contributed by atoms with Crippen LogP contribution in [0.25, 0.3) is 0 Å². The van der Waals surface area contributed by atoms with Gasteiger partial charge in [0.15, 0.2) is 0 Å². The van der Waals surface area contributed by atoms with Crippen molar-refractivity contribution in [1.29, 1.82) is 0 Å². The van der Waals surface area contributed by atoms with E-state index in [9.17, 15) is 0 Å². The van der Waals surface area contributed by atoms with Gasteiger partial charge < -0.3 is 14.8 Å². The Kier molecular flexibility index (Phi) is 5.01. The summed E-state index contributed by atoms with van der Waals surface area (Å²) in [4.78, 5) is 2.58. The minimum atomic E-state index is 0.290. The summed E-state index contributed by atoms with van der Waals surface area (Å²) in [5, 5.41) is 3.36. The van der Waals surface area contributed by atoms with Crippen LogP contribution in [0.4, 0.5) is 0 Å². The third kappa shape index (κ3) is 3.44. The molecule has 2 saturated heterocycles. The highest BCUT2D eigenvalue weighted by Gasteiger charge is 2.37. The third-order valence-electron chi connectivity index (χ3n) is 4.23. The van der Waals surface area contributed by atoms with E-state index in [1.54, 1.807) is 0 Å². The first-order chi connectivity index (χ1) is 8.65. The zero-order valence-electron chi connectivity index (χ0n) is 12.1. The molecule has 0 aliphatic carbocycles. The van der Waals surface area contributed by atoms with E-state index in [2.05, 4.69) is 24.1 Å². The van der Waals surface area contributed by atoms with E-state index in [4.69, 9.17) is 9.47 Å². The maximum Gasteiger partial charge on any atom is 0.0674 e. The van der Waals surface area contributed by atoms with Crippen LogP contribution in [-0.2, 0) is 9.47 Å². The molecule has 18 heavy (non-hydrogen) atoms. The molecular weight excluding hydrogens is 228 g/mol. The molecule has 2 fully saturated rings. The summed E-state index contributed by atoms with van der Waals surface area (Å²) in [6.45, 7) is 10.3. The van der Waals surface area contributed by atoms with E-state index >= 15 is 0 Å². The highest BCUT2D eigenvalue weighted by molar-refractivity contribution is 4.89. The summed E-state index contributed by atoms with van der Waals surface area (Å²) in [7, 11) is 2.04. The quantitative estimate of drug-likeness (QED) is 0.817. The lowest BCUT2D eigenvalue weighted by atomic mass is 9.81. The van der Waals surface area contributed by atoms with E-state index in [1.807, 2.05) is 7.05 Å². The number of nitrogens with one attached hydrogen (secondary N) is 1. The van der Waals surface area contributed by atoms with Crippen molar-refractivity contribution in [3.63, 3.8) is 0 Å². The van der Waals surface area contributed by atoms with E-state index in [-0.39, 0.29) is 5.41 Å². The Morgan fingerprint density at radius 2 is 2.22 bits per heavy atom. The molecule has 3 atom stereocenters. The topological polar surface area (TPSA) is 33.7 Å². The first-order valence-electron chi connectivity index (χ1n) is 7.23. The summed E-state index contributed by atoms with van der Waals surface area (Å²) in [6.07, 6.45) is 2.82. The van der Waals surface area contributed by atoms with Crippen molar-refractivity contribution in [1.82, 2.24) is 10.2 Å². The summed E-state index contributed by atoms with van der Waals surface area (Å²) in [5.74, 6) is 0. The number of morpholine rings is 1. The first kappa shape index (κ1) is 14.3. The predicted molar refractivity (Wildman–Crippen MR) is 72.9 cm³/mol. The van der Waals surface area contributed by atoms with Crippen molar-refractivity contribution >= 4 is 0 Å². The Morgan fingerprint density at radius 3 is 2.89 bits per heavy atom. The van der Waals surface area contributed by atoms with Crippen molar-refractivity contribution in [2.24, 2.45) is 5.41 Å². The van der Waals surface area contributed by atoms with Gasteiger partial charge in [-0.25, -0.2) is 0 Å². The Bertz CT molecular complexity index is 249. The van der Waals surface area contributed by atoms with Crippen LogP contribution >= 0.6 is 0 Å². The summed E-state index contributed by atoms with van der Waals surface area (Å²) < 4.78 is 11.5. The van der Waals surface area contributed by atoms with Crippen molar-refractivity contribution in [2.75, 3.05) is 46.5 Å². The van der Waals surface area contributed by atoms with Gasteiger partial charge >= 0.3 is 0 Å². The molecule has 0 saturated carbocycles. The lowest BCUT2D eigenvalue weighted by molar-refractivity contribution is -0.0851. The molecule has 0 aromatic heterocycles. The van der Waals surface area contributed by atoms with Gasteiger partial charge in [0, 0.05) is 37.7 Å². The first-order valence-corrected chi connectivity index (χ1v) is 7.23. The van der Waals surface area contributed by atoms with Crippen LogP contribution in [0.15, 0.2) is 0 Å². The highest BCUT2D eigenvalue weighted by Crippen LogP contribution is 2.30. The smallest absolute Gasteiger partial charge is 0.0674 e. The molecule has 4 nitrogen and oxygen atoms in total. The summed E-state index contributed by atoms with van der Waals surface area (Å²) in [6, 6.07) is 0.525. The number of hydrogen-bond acceptors (Lipinski definition) is 4. The van der Waals surface area contributed by atoms with Crippen molar-refractivity contribution in [2.45, 2.75) is 38.8 Å². The molecule has 0 bridgehead atoms. The maximum absolute atomic E-state index is 5.74. The molecule has 3 unspecified atom stereocenters. The van der Waals surface area contributed by atoms with E-state index in [1.165, 1.54) is 12.8 Å². The predicted octanol–water partition coefficient (Wildman–Crippen LogP) is 1.11. The molecule has 0 spiro atoms. The molecule has 2 rings (SSSR count). The van der Waals surface area contributed by atoms with E-state index in [0.29, 0.717) is 12.1 Å². The molecular formula is C14H28N2O2. The van der Waals surface area contributed by atoms with Gasteiger partial charge in [-0.3, -0.25) is 4.90 Å². The largest absolute Gasteiger partial charge is 0.381 e. The van der Waals surface area contributed by atoms with Gasteiger partial charge in [-0.2, -0.15) is 0 Å². The third-order valence-corrected chi connectivity index (χ3v) is 4.23.